The molecule has 3 rings (SSSR count). The van der Waals surface area contributed by atoms with Crippen molar-refractivity contribution >= 4 is 11.6 Å². The normalized spacial score (nSPS) is 14.8. The number of hydrogen-bond donors (Lipinski definition) is 0. The number of halogens is 1. The van der Waals surface area contributed by atoms with E-state index >= 15 is 0 Å². The van der Waals surface area contributed by atoms with Crippen molar-refractivity contribution in [2.45, 2.75) is 32.6 Å². The number of nitrogens with zero attached hydrogens (tertiary/aromatic N) is 2. The molecule has 2 aromatic carbocycles. The zero-order chi connectivity index (χ0) is 18.5. The van der Waals surface area contributed by atoms with Gasteiger partial charge in [-0.1, -0.05) is 50.2 Å². The van der Waals surface area contributed by atoms with Gasteiger partial charge in [-0.2, -0.15) is 0 Å². The van der Waals surface area contributed by atoms with Gasteiger partial charge >= 0.3 is 0 Å². The van der Waals surface area contributed by atoms with E-state index in [9.17, 15) is 9.18 Å². The van der Waals surface area contributed by atoms with Gasteiger partial charge < -0.3 is 9.80 Å². The zero-order valence-corrected chi connectivity index (χ0v) is 15.6. The minimum absolute atomic E-state index is 0.186. The number of carbonyl (C=O) groups is 1. The fourth-order valence-corrected chi connectivity index (χ4v) is 3.38. The molecule has 1 heterocycles. The van der Waals surface area contributed by atoms with Gasteiger partial charge in [0.15, 0.2) is 0 Å². The smallest absolute Gasteiger partial charge is 0.223 e. The van der Waals surface area contributed by atoms with Crippen molar-refractivity contribution in [2.24, 2.45) is 0 Å². The van der Waals surface area contributed by atoms with Crippen molar-refractivity contribution in [3.63, 3.8) is 0 Å². The second kappa shape index (κ2) is 8.35. The van der Waals surface area contributed by atoms with Gasteiger partial charge in [-0.05, 0) is 35.6 Å². The standard InChI is InChI=1S/C22H27FN2O/c1-17(2)19-10-7-18(8-11-19)9-12-22(26)25-15-13-24(14-16-25)21-6-4-3-5-20(21)23/h3-8,10-11,17H,9,12-16H2,1-2H3. The maximum absolute atomic E-state index is 13.9. The van der Waals surface area contributed by atoms with Gasteiger partial charge in [0, 0.05) is 32.6 Å². The van der Waals surface area contributed by atoms with Gasteiger partial charge in [0.1, 0.15) is 5.82 Å². The number of carbonyl (C=O) groups excluding carboxylic acids is 1. The fraction of sp³-hybridized carbons (Fsp3) is 0.409. The molecule has 0 spiro atoms. The lowest BCUT2D eigenvalue weighted by Gasteiger charge is -2.36. The Hall–Kier alpha value is -2.36. The topological polar surface area (TPSA) is 23.6 Å². The molecule has 1 saturated heterocycles. The van der Waals surface area contributed by atoms with Crippen LogP contribution in [0.15, 0.2) is 48.5 Å². The molecule has 1 aliphatic heterocycles. The van der Waals surface area contributed by atoms with Crippen molar-refractivity contribution in [1.29, 1.82) is 0 Å². The summed E-state index contributed by atoms with van der Waals surface area (Å²) in [5.41, 5.74) is 3.15. The molecule has 1 amide bonds. The molecule has 0 aromatic heterocycles. The quantitative estimate of drug-likeness (QED) is 0.802. The van der Waals surface area contributed by atoms with E-state index in [0.29, 0.717) is 44.2 Å². The van der Waals surface area contributed by atoms with Crippen molar-refractivity contribution < 1.29 is 9.18 Å². The Kier molecular flexibility index (Phi) is 5.92. The first-order valence-corrected chi connectivity index (χ1v) is 9.40. The molecule has 0 unspecified atom stereocenters. The highest BCUT2D eigenvalue weighted by Gasteiger charge is 2.22. The molecule has 0 bridgehead atoms. The number of para-hydroxylation sites is 1. The molecule has 0 radical (unpaired) electrons. The van der Waals surface area contributed by atoms with Gasteiger partial charge in [-0.25, -0.2) is 4.39 Å². The molecule has 1 aliphatic rings. The molecule has 4 heteroatoms. The third kappa shape index (κ3) is 4.43. The first-order valence-electron chi connectivity index (χ1n) is 9.40. The van der Waals surface area contributed by atoms with Crippen molar-refractivity contribution in [1.82, 2.24) is 4.90 Å². The molecule has 3 nitrogen and oxygen atoms in total. The minimum Gasteiger partial charge on any atom is -0.366 e. The summed E-state index contributed by atoms with van der Waals surface area (Å²) in [5.74, 6) is 0.514. The summed E-state index contributed by atoms with van der Waals surface area (Å²) >= 11 is 0. The van der Waals surface area contributed by atoms with Crippen LogP contribution >= 0.6 is 0 Å². The predicted molar refractivity (Wildman–Crippen MR) is 104 cm³/mol. The number of aryl methyl sites for hydroxylation is 1. The Bertz CT molecular complexity index is 734. The maximum atomic E-state index is 13.9. The number of anilines is 1. The van der Waals surface area contributed by atoms with E-state index in [4.69, 9.17) is 0 Å². The van der Waals surface area contributed by atoms with Crippen LogP contribution in [-0.4, -0.2) is 37.0 Å². The molecule has 0 saturated carbocycles. The van der Waals surface area contributed by atoms with Crippen LogP contribution in [0, 0.1) is 5.82 Å². The summed E-state index contributed by atoms with van der Waals surface area (Å²) in [6, 6.07) is 15.4. The summed E-state index contributed by atoms with van der Waals surface area (Å²) in [7, 11) is 0. The van der Waals surface area contributed by atoms with E-state index in [2.05, 4.69) is 38.1 Å². The van der Waals surface area contributed by atoms with Crippen LogP contribution in [0.2, 0.25) is 0 Å². The monoisotopic (exact) mass is 354 g/mol. The maximum Gasteiger partial charge on any atom is 0.223 e. The van der Waals surface area contributed by atoms with Crippen molar-refractivity contribution in [2.75, 3.05) is 31.1 Å². The van der Waals surface area contributed by atoms with Crippen LogP contribution in [0.5, 0.6) is 0 Å². The molecule has 0 aliphatic carbocycles. The van der Waals surface area contributed by atoms with E-state index in [1.807, 2.05) is 15.9 Å². The van der Waals surface area contributed by atoms with Crippen LogP contribution in [0.1, 0.15) is 37.3 Å². The molecule has 138 valence electrons. The summed E-state index contributed by atoms with van der Waals surface area (Å²) in [6.45, 7) is 7.02. The van der Waals surface area contributed by atoms with Crippen molar-refractivity contribution in [3.05, 3.63) is 65.5 Å². The first kappa shape index (κ1) is 18.4. The third-order valence-electron chi connectivity index (χ3n) is 5.10. The fourth-order valence-electron chi connectivity index (χ4n) is 3.38. The lowest BCUT2D eigenvalue weighted by atomic mass is 10.00. The number of piperazine rings is 1. The van der Waals surface area contributed by atoms with Crippen molar-refractivity contribution in [3.8, 4) is 0 Å². The number of benzene rings is 2. The first-order chi connectivity index (χ1) is 12.5. The van der Waals surface area contributed by atoms with Gasteiger partial charge in [0.25, 0.3) is 0 Å². The highest BCUT2D eigenvalue weighted by Crippen LogP contribution is 2.20. The van der Waals surface area contributed by atoms with Gasteiger partial charge in [0.05, 0.1) is 5.69 Å². The molecule has 2 aromatic rings. The molecule has 26 heavy (non-hydrogen) atoms. The van der Waals surface area contributed by atoms with Gasteiger partial charge in [0.2, 0.25) is 5.91 Å². The Morgan fingerprint density at radius 2 is 1.65 bits per heavy atom. The van der Waals surface area contributed by atoms with Crippen LogP contribution in [0.3, 0.4) is 0 Å². The molecule has 0 atom stereocenters. The average molecular weight is 354 g/mol. The van der Waals surface area contributed by atoms with E-state index in [1.54, 1.807) is 12.1 Å². The average Bonchev–Trinajstić information content (AvgIpc) is 2.67. The zero-order valence-electron chi connectivity index (χ0n) is 15.6. The highest BCUT2D eigenvalue weighted by atomic mass is 19.1. The van der Waals surface area contributed by atoms with Crippen LogP contribution in [0.25, 0.3) is 0 Å². The minimum atomic E-state index is -0.197. The summed E-state index contributed by atoms with van der Waals surface area (Å²) in [5, 5.41) is 0. The summed E-state index contributed by atoms with van der Waals surface area (Å²) < 4.78 is 13.9. The van der Waals surface area contributed by atoms with E-state index < -0.39 is 0 Å². The lowest BCUT2D eigenvalue weighted by Crippen LogP contribution is -2.49. The SMILES string of the molecule is CC(C)c1ccc(CCC(=O)N2CCN(c3ccccc3F)CC2)cc1. The van der Waals surface area contributed by atoms with E-state index in [-0.39, 0.29) is 11.7 Å². The molecule has 0 N–H and O–H groups in total. The lowest BCUT2D eigenvalue weighted by molar-refractivity contribution is -0.131. The third-order valence-corrected chi connectivity index (χ3v) is 5.10. The van der Waals surface area contributed by atoms with E-state index in [0.717, 1.165) is 6.42 Å². The Morgan fingerprint density at radius 1 is 1.00 bits per heavy atom. The predicted octanol–water partition coefficient (Wildman–Crippen LogP) is 4.23. The van der Waals surface area contributed by atoms with Crippen LogP contribution in [0.4, 0.5) is 10.1 Å². The molecular weight excluding hydrogens is 327 g/mol. The summed E-state index contributed by atoms with van der Waals surface area (Å²) in [4.78, 5) is 16.4. The number of amides is 1. The second-order valence-electron chi connectivity index (χ2n) is 7.22. The highest BCUT2D eigenvalue weighted by molar-refractivity contribution is 5.76. The Morgan fingerprint density at radius 3 is 2.27 bits per heavy atom. The van der Waals surface area contributed by atoms with Crippen LogP contribution < -0.4 is 4.90 Å². The number of hydrogen-bond acceptors (Lipinski definition) is 2. The Balaban J connectivity index is 1.48. The number of rotatable bonds is 5. The van der Waals surface area contributed by atoms with E-state index in [1.165, 1.54) is 17.2 Å². The van der Waals surface area contributed by atoms with Gasteiger partial charge in [-0.3, -0.25) is 4.79 Å². The molecular formula is C22H27FN2O. The summed E-state index contributed by atoms with van der Waals surface area (Å²) in [6.07, 6.45) is 1.30. The Labute approximate surface area is 155 Å². The molecule has 1 fully saturated rings. The van der Waals surface area contributed by atoms with Crippen LogP contribution in [-0.2, 0) is 11.2 Å². The second-order valence-corrected chi connectivity index (χ2v) is 7.22. The largest absolute Gasteiger partial charge is 0.366 e. The van der Waals surface area contributed by atoms with Gasteiger partial charge in [-0.15, -0.1) is 0 Å².